The van der Waals surface area contributed by atoms with E-state index in [0.717, 1.165) is 5.69 Å². The Morgan fingerprint density at radius 2 is 2.23 bits per heavy atom. The van der Waals surface area contributed by atoms with Crippen molar-refractivity contribution in [2.24, 2.45) is 0 Å². The van der Waals surface area contributed by atoms with E-state index in [1.54, 1.807) is 6.20 Å². The lowest BCUT2D eigenvalue weighted by atomic mass is 10.1. The van der Waals surface area contributed by atoms with Gasteiger partial charge >= 0.3 is 6.09 Å². The fourth-order valence-electron chi connectivity index (χ4n) is 2.80. The molecule has 120 valence electrons. The summed E-state index contributed by atoms with van der Waals surface area (Å²) in [6.07, 6.45) is 0.697. The minimum Gasteiger partial charge on any atom is -0.441 e. The standard InChI is InChI=1S/C15H21N3O4/c1-2-16-15(19)22-12-9-21-13-11(8-20-14(12)13)18-7-10-5-3-4-6-17-10/h3-6,11-14,18H,2,7-9H2,1H3,(H,16,19)/t11-,12+,13+,14+/m0/s1. The number of pyridine rings is 1. The molecule has 2 aliphatic heterocycles. The number of fused-ring (bicyclic) bond motifs is 1. The summed E-state index contributed by atoms with van der Waals surface area (Å²) in [6.45, 7) is 3.95. The molecule has 2 fully saturated rings. The number of carbonyl (C=O) groups is 1. The lowest BCUT2D eigenvalue weighted by molar-refractivity contribution is 0.00399. The van der Waals surface area contributed by atoms with E-state index in [9.17, 15) is 4.79 Å². The molecule has 2 aliphatic rings. The van der Waals surface area contributed by atoms with Crippen LogP contribution in [0.25, 0.3) is 0 Å². The van der Waals surface area contributed by atoms with Crippen LogP contribution in [-0.2, 0) is 20.8 Å². The van der Waals surface area contributed by atoms with Crippen LogP contribution < -0.4 is 10.6 Å². The Morgan fingerprint density at radius 1 is 1.36 bits per heavy atom. The summed E-state index contributed by atoms with van der Waals surface area (Å²) < 4.78 is 16.8. The van der Waals surface area contributed by atoms with Crippen LogP contribution in [0, 0.1) is 0 Å². The zero-order chi connectivity index (χ0) is 15.4. The quantitative estimate of drug-likeness (QED) is 0.822. The Bertz CT molecular complexity index is 499. The molecule has 1 aromatic rings. The van der Waals surface area contributed by atoms with Gasteiger partial charge in [-0.15, -0.1) is 0 Å². The first-order valence-electron chi connectivity index (χ1n) is 7.59. The number of rotatable bonds is 5. The van der Waals surface area contributed by atoms with Crippen LogP contribution in [0.3, 0.4) is 0 Å². The molecule has 2 saturated heterocycles. The van der Waals surface area contributed by atoms with Gasteiger partial charge in [-0.05, 0) is 19.1 Å². The molecule has 0 unspecified atom stereocenters. The molecule has 0 aromatic carbocycles. The first-order chi connectivity index (χ1) is 10.8. The van der Waals surface area contributed by atoms with Crippen LogP contribution in [0.2, 0.25) is 0 Å². The third-order valence-corrected chi connectivity index (χ3v) is 3.86. The van der Waals surface area contributed by atoms with Crippen molar-refractivity contribution in [3.05, 3.63) is 30.1 Å². The fourth-order valence-corrected chi connectivity index (χ4v) is 2.80. The summed E-state index contributed by atoms with van der Waals surface area (Å²) >= 11 is 0. The Labute approximate surface area is 129 Å². The lowest BCUT2D eigenvalue weighted by Crippen LogP contribution is -2.41. The predicted molar refractivity (Wildman–Crippen MR) is 78.3 cm³/mol. The van der Waals surface area contributed by atoms with E-state index in [2.05, 4.69) is 15.6 Å². The highest BCUT2D eigenvalue weighted by Crippen LogP contribution is 2.29. The molecule has 7 heteroatoms. The van der Waals surface area contributed by atoms with Gasteiger partial charge in [0.25, 0.3) is 0 Å². The molecular weight excluding hydrogens is 286 g/mol. The molecule has 0 spiro atoms. The van der Waals surface area contributed by atoms with E-state index >= 15 is 0 Å². The van der Waals surface area contributed by atoms with Crippen LogP contribution in [0.1, 0.15) is 12.6 Å². The number of alkyl carbamates (subject to hydrolysis) is 1. The van der Waals surface area contributed by atoms with E-state index in [0.29, 0.717) is 26.3 Å². The second-order valence-corrected chi connectivity index (χ2v) is 5.38. The second kappa shape index (κ2) is 7.04. The maximum atomic E-state index is 11.5. The van der Waals surface area contributed by atoms with E-state index in [1.165, 1.54) is 0 Å². The largest absolute Gasteiger partial charge is 0.441 e. The molecule has 0 radical (unpaired) electrons. The van der Waals surface area contributed by atoms with Crippen LogP contribution in [0.15, 0.2) is 24.4 Å². The Kier molecular flexibility index (Phi) is 4.87. The minimum atomic E-state index is -0.426. The van der Waals surface area contributed by atoms with Crippen molar-refractivity contribution in [1.82, 2.24) is 15.6 Å². The van der Waals surface area contributed by atoms with Crippen molar-refractivity contribution in [2.75, 3.05) is 19.8 Å². The highest BCUT2D eigenvalue weighted by Gasteiger charge is 2.49. The van der Waals surface area contributed by atoms with E-state index in [1.807, 2.05) is 25.1 Å². The van der Waals surface area contributed by atoms with Crippen molar-refractivity contribution in [3.8, 4) is 0 Å². The topological polar surface area (TPSA) is 81.7 Å². The van der Waals surface area contributed by atoms with Crippen molar-refractivity contribution in [2.45, 2.75) is 37.8 Å². The zero-order valence-corrected chi connectivity index (χ0v) is 12.5. The van der Waals surface area contributed by atoms with Gasteiger partial charge in [0.1, 0.15) is 12.2 Å². The molecular formula is C15H21N3O4. The summed E-state index contributed by atoms with van der Waals surface area (Å²) in [7, 11) is 0. The summed E-state index contributed by atoms with van der Waals surface area (Å²) in [5.74, 6) is 0. The number of aromatic nitrogens is 1. The van der Waals surface area contributed by atoms with E-state index < -0.39 is 6.09 Å². The third kappa shape index (κ3) is 3.37. The van der Waals surface area contributed by atoms with Gasteiger partial charge in [0.05, 0.1) is 24.9 Å². The molecule has 1 amide bonds. The first kappa shape index (κ1) is 15.2. The second-order valence-electron chi connectivity index (χ2n) is 5.38. The summed E-state index contributed by atoms with van der Waals surface area (Å²) in [5.41, 5.74) is 0.971. The summed E-state index contributed by atoms with van der Waals surface area (Å²) in [6, 6.07) is 5.90. The maximum absolute atomic E-state index is 11.5. The maximum Gasteiger partial charge on any atom is 0.407 e. The predicted octanol–water partition coefficient (Wildman–Crippen LogP) is 0.452. The van der Waals surface area contributed by atoms with Crippen molar-refractivity contribution < 1.29 is 19.0 Å². The summed E-state index contributed by atoms with van der Waals surface area (Å²) in [5, 5.41) is 6.01. The SMILES string of the molecule is CCNC(=O)O[C@@H]1CO[C@H]2[C@@H]1OC[C@@H]2NCc1ccccn1. The van der Waals surface area contributed by atoms with Crippen LogP contribution in [0.4, 0.5) is 4.79 Å². The molecule has 1 aromatic heterocycles. The van der Waals surface area contributed by atoms with Crippen LogP contribution in [0.5, 0.6) is 0 Å². The number of hydrogen-bond acceptors (Lipinski definition) is 6. The fraction of sp³-hybridized carbons (Fsp3) is 0.600. The van der Waals surface area contributed by atoms with E-state index in [4.69, 9.17) is 14.2 Å². The van der Waals surface area contributed by atoms with Crippen LogP contribution >= 0.6 is 0 Å². The van der Waals surface area contributed by atoms with Gasteiger partial charge in [0.15, 0.2) is 6.10 Å². The third-order valence-electron chi connectivity index (χ3n) is 3.86. The average molecular weight is 307 g/mol. The van der Waals surface area contributed by atoms with Gasteiger partial charge in [-0.1, -0.05) is 6.07 Å². The average Bonchev–Trinajstić information content (AvgIpc) is 3.10. The summed E-state index contributed by atoms with van der Waals surface area (Å²) in [4.78, 5) is 15.8. The number of hydrogen-bond donors (Lipinski definition) is 2. The minimum absolute atomic E-state index is 0.0786. The first-order valence-corrected chi connectivity index (χ1v) is 7.59. The number of amides is 1. The molecule has 7 nitrogen and oxygen atoms in total. The van der Waals surface area contributed by atoms with Gasteiger partial charge in [-0.2, -0.15) is 0 Å². The van der Waals surface area contributed by atoms with Crippen molar-refractivity contribution in [3.63, 3.8) is 0 Å². The Hall–Kier alpha value is -1.70. The highest BCUT2D eigenvalue weighted by atomic mass is 16.6. The monoisotopic (exact) mass is 307 g/mol. The highest BCUT2D eigenvalue weighted by molar-refractivity contribution is 5.67. The molecule has 2 N–H and O–H groups in total. The Morgan fingerprint density at radius 3 is 3.00 bits per heavy atom. The number of carbonyl (C=O) groups excluding carboxylic acids is 1. The van der Waals surface area contributed by atoms with Gasteiger partial charge in [-0.3, -0.25) is 4.98 Å². The zero-order valence-electron chi connectivity index (χ0n) is 12.5. The number of ether oxygens (including phenoxy) is 3. The van der Waals surface area contributed by atoms with Gasteiger partial charge < -0.3 is 24.8 Å². The molecule has 22 heavy (non-hydrogen) atoms. The number of nitrogens with zero attached hydrogens (tertiary/aromatic N) is 1. The lowest BCUT2D eigenvalue weighted by Gasteiger charge is -2.17. The molecule has 0 bridgehead atoms. The van der Waals surface area contributed by atoms with Gasteiger partial charge in [0, 0.05) is 19.3 Å². The molecule has 0 aliphatic carbocycles. The van der Waals surface area contributed by atoms with Crippen molar-refractivity contribution in [1.29, 1.82) is 0 Å². The smallest absolute Gasteiger partial charge is 0.407 e. The molecule has 3 heterocycles. The molecule has 4 atom stereocenters. The molecule has 0 saturated carbocycles. The van der Waals surface area contributed by atoms with Crippen LogP contribution in [-0.4, -0.2) is 55.2 Å². The van der Waals surface area contributed by atoms with E-state index in [-0.39, 0.29) is 24.4 Å². The van der Waals surface area contributed by atoms with Gasteiger partial charge in [0.2, 0.25) is 0 Å². The van der Waals surface area contributed by atoms with Gasteiger partial charge in [-0.25, -0.2) is 4.79 Å². The Balaban J connectivity index is 1.50. The van der Waals surface area contributed by atoms with Crippen molar-refractivity contribution >= 4 is 6.09 Å². The number of nitrogens with one attached hydrogen (secondary N) is 2. The normalized spacial score (nSPS) is 30.0. The molecule has 3 rings (SSSR count).